The van der Waals surface area contributed by atoms with Crippen LogP contribution in [0.1, 0.15) is 26.7 Å². The Hall–Kier alpha value is -1.32. The van der Waals surface area contributed by atoms with Gasteiger partial charge in [0.25, 0.3) is 0 Å². The molecule has 0 bridgehead atoms. The van der Waals surface area contributed by atoms with Gasteiger partial charge >= 0.3 is 0 Å². The first-order chi connectivity index (χ1) is 7.07. The van der Waals surface area contributed by atoms with Crippen molar-refractivity contribution >= 4 is 11.6 Å². The molecule has 0 radical (unpaired) electrons. The number of nitrogens with zero attached hydrogens (tertiary/aromatic N) is 3. The van der Waals surface area contributed by atoms with Crippen molar-refractivity contribution in [3.63, 3.8) is 0 Å². The van der Waals surface area contributed by atoms with Crippen LogP contribution in [-0.4, -0.2) is 23.1 Å². The summed E-state index contributed by atoms with van der Waals surface area (Å²) < 4.78 is 0. The normalized spacial score (nSPS) is 20.3. The number of nitrogens with two attached hydrogens (primary N) is 1. The van der Waals surface area contributed by atoms with Crippen LogP contribution in [0.3, 0.4) is 0 Å². The molecule has 15 heavy (non-hydrogen) atoms. The number of aromatic nitrogens is 2. The van der Waals surface area contributed by atoms with Gasteiger partial charge in [-0.1, -0.05) is 13.8 Å². The quantitative estimate of drug-likeness (QED) is 0.759. The van der Waals surface area contributed by atoms with Gasteiger partial charge in [-0.3, -0.25) is 0 Å². The number of nitrogen functional groups attached to an aromatic ring is 1. The highest BCUT2D eigenvalue weighted by Gasteiger charge is 2.26. The van der Waals surface area contributed by atoms with E-state index in [0.717, 1.165) is 18.9 Å². The molecule has 0 aliphatic carbocycles. The van der Waals surface area contributed by atoms with E-state index < -0.39 is 0 Å². The minimum atomic E-state index is 0.373. The SMILES string of the molecule is CC1(C)CCCN(c2cc(N)ncn2)C1. The lowest BCUT2D eigenvalue weighted by molar-refractivity contribution is 0.292. The van der Waals surface area contributed by atoms with Crippen molar-refractivity contribution in [2.24, 2.45) is 5.41 Å². The van der Waals surface area contributed by atoms with Crippen molar-refractivity contribution < 1.29 is 0 Å². The molecule has 1 aliphatic heterocycles. The molecule has 0 aromatic carbocycles. The lowest BCUT2D eigenvalue weighted by Crippen LogP contribution is -2.40. The minimum absolute atomic E-state index is 0.373. The van der Waals surface area contributed by atoms with E-state index in [0.29, 0.717) is 11.2 Å². The van der Waals surface area contributed by atoms with Gasteiger partial charge in [0.05, 0.1) is 0 Å². The van der Waals surface area contributed by atoms with Gasteiger partial charge in [0.15, 0.2) is 0 Å². The summed E-state index contributed by atoms with van der Waals surface area (Å²) in [5.74, 6) is 1.50. The van der Waals surface area contributed by atoms with Crippen LogP contribution in [0.2, 0.25) is 0 Å². The van der Waals surface area contributed by atoms with Crippen LogP contribution in [0.5, 0.6) is 0 Å². The van der Waals surface area contributed by atoms with Gasteiger partial charge in [-0.2, -0.15) is 0 Å². The first-order valence-corrected chi connectivity index (χ1v) is 5.39. The van der Waals surface area contributed by atoms with E-state index in [1.165, 1.54) is 19.2 Å². The summed E-state index contributed by atoms with van der Waals surface area (Å²) >= 11 is 0. The number of hydrogen-bond acceptors (Lipinski definition) is 4. The average Bonchev–Trinajstić information content (AvgIpc) is 2.16. The zero-order valence-corrected chi connectivity index (χ0v) is 9.40. The largest absolute Gasteiger partial charge is 0.384 e. The summed E-state index contributed by atoms with van der Waals surface area (Å²) in [7, 11) is 0. The first-order valence-electron chi connectivity index (χ1n) is 5.39. The Bertz CT molecular complexity index is 348. The third-order valence-electron chi connectivity index (χ3n) is 2.90. The standard InChI is InChI=1S/C11H18N4/c1-11(2)4-3-5-15(7-11)10-6-9(12)13-8-14-10/h6,8H,3-5,7H2,1-2H3,(H2,12,13,14). The summed E-state index contributed by atoms with van der Waals surface area (Å²) in [5, 5.41) is 0. The fraction of sp³-hybridized carbons (Fsp3) is 0.636. The Morgan fingerprint density at radius 1 is 1.40 bits per heavy atom. The van der Waals surface area contributed by atoms with Crippen molar-refractivity contribution in [3.05, 3.63) is 12.4 Å². The third-order valence-corrected chi connectivity index (χ3v) is 2.90. The van der Waals surface area contributed by atoms with E-state index in [1.54, 1.807) is 0 Å². The monoisotopic (exact) mass is 206 g/mol. The lowest BCUT2D eigenvalue weighted by Gasteiger charge is -2.38. The molecule has 0 amide bonds. The molecule has 82 valence electrons. The van der Waals surface area contributed by atoms with Gasteiger partial charge in [0.2, 0.25) is 0 Å². The highest BCUT2D eigenvalue weighted by molar-refractivity contribution is 5.46. The van der Waals surface area contributed by atoms with Gasteiger partial charge in [-0.05, 0) is 18.3 Å². The van der Waals surface area contributed by atoms with Crippen LogP contribution in [0.4, 0.5) is 11.6 Å². The van der Waals surface area contributed by atoms with E-state index in [-0.39, 0.29) is 0 Å². The number of anilines is 2. The highest BCUT2D eigenvalue weighted by atomic mass is 15.2. The topological polar surface area (TPSA) is 55.0 Å². The predicted octanol–water partition coefficient (Wildman–Crippen LogP) is 1.69. The van der Waals surface area contributed by atoms with Crippen LogP contribution in [0.15, 0.2) is 12.4 Å². The zero-order chi connectivity index (χ0) is 10.9. The van der Waals surface area contributed by atoms with E-state index in [9.17, 15) is 0 Å². The molecule has 0 unspecified atom stereocenters. The summed E-state index contributed by atoms with van der Waals surface area (Å²) in [6.45, 7) is 6.71. The van der Waals surface area contributed by atoms with Crippen molar-refractivity contribution in [3.8, 4) is 0 Å². The highest BCUT2D eigenvalue weighted by Crippen LogP contribution is 2.30. The fourth-order valence-corrected chi connectivity index (χ4v) is 2.15. The Morgan fingerprint density at radius 3 is 2.87 bits per heavy atom. The molecule has 0 saturated carbocycles. The lowest BCUT2D eigenvalue weighted by atomic mass is 9.84. The molecule has 0 spiro atoms. The molecule has 2 rings (SSSR count). The van der Waals surface area contributed by atoms with Gasteiger partial charge in [-0.25, -0.2) is 9.97 Å². The molecule has 4 nitrogen and oxygen atoms in total. The van der Waals surface area contributed by atoms with Crippen molar-refractivity contribution in [2.75, 3.05) is 23.7 Å². The van der Waals surface area contributed by atoms with Crippen LogP contribution < -0.4 is 10.6 Å². The Morgan fingerprint density at radius 2 is 2.20 bits per heavy atom. The van der Waals surface area contributed by atoms with Crippen LogP contribution in [0, 0.1) is 5.41 Å². The molecule has 4 heteroatoms. The Balaban J connectivity index is 2.17. The van der Waals surface area contributed by atoms with Gasteiger partial charge in [0.1, 0.15) is 18.0 Å². The summed E-state index contributed by atoms with van der Waals surface area (Å²) in [6, 6.07) is 1.85. The average molecular weight is 206 g/mol. The van der Waals surface area contributed by atoms with E-state index in [1.807, 2.05) is 6.07 Å². The van der Waals surface area contributed by atoms with Crippen molar-refractivity contribution in [1.82, 2.24) is 9.97 Å². The minimum Gasteiger partial charge on any atom is -0.384 e. The molecular formula is C11H18N4. The van der Waals surface area contributed by atoms with Gasteiger partial charge in [-0.15, -0.1) is 0 Å². The summed E-state index contributed by atoms with van der Waals surface area (Å²) in [5.41, 5.74) is 6.03. The molecule has 1 aromatic heterocycles. The Labute approximate surface area is 90.5 Å². The molecule has 1 fully saturated rings. The van der Waals surface area contributed by atoms with Crippen LogP contribution in [-0.2, 0) is 0 Å². The second-order valence-electron chi connectivity index (χ2n) is 4.99. The van der Waals surface area contributed by atoms with Gasteiger partial charge in [0, 0.05) is 19.2 Å². The van der Waals surface area contributed by atoms with Gasteiger partial charge < -0.3 is 10.6 Å². The fourth-order valence-electron chi connectivity index (χ4n) is 2.15. The molecule has 1 saturated heterocycles. The smallest absolute Gasteiger partial charge is 0.134 e. The van der Waals surface area contributed by atoms with E-state index >= 15 is 0 Å². The molecule has 2 heterocycles. The second kappa shape index (κ2) is 3.68. The van der Waals surface area contributed by atoms with E-state index in [4.69, 9.17) is 5.73 Å². The second-order valence-corrected chi connectivity index (χ2v) is 4.99. The zero-order valence-electron chi connectivity index (χ0n) is 9.40. The molecule has 2 N–H and O–H groups in total. The maximum absolute atomic E-state index is 5.66. The van der Waals surface area contributed by atoms with Crippen molar-refractivity contribution in [2.45, 2.75) is 26.7 Å². The van der Waals surface area contributed by atoms with Crippen LogP contribution in [0.25, 0.3) is 0 Å². The molecular weight excluding hydrogens is 188 g/mol. The van der Waals surface area contributed by atoms with Crippen molar-refractivity contribution in [1.29, 1.82) is 0 Å². The molecule has 0 atom stereocenters. The first kappa shape index (κ1) is 10.2. The van der Waals surface area contributed by atoms with E-state index in [2.05, 4.69) is 28.7 Å². The third kappa shape index (κ3) is 2.37. The predicted molar refractivity (Wildman–Crippen MR) is 61.7 cm³/mol. The number of rotatable bonds is 1. The Kier molecular flexibility index (Phi) is 2.50. The summed E-state index contributed by atoms with van der Waals surface area (Å²) in [4.78, 5) is 10.5. The molecule has 1 aliphatic rings. The maximum Gasteiger partial charge on any atom is 0.134 e. The maximum atomic E-state index is 5.66. The van der Waals surface area contributed by atoms with Crippen LogP contribution >= 0.6 is 0 Å². The number of piperidine rings is 1. The summed E-state index contributed by atoms with van der Waals surface area (Å²) in [6.07, 6.45) is 4.03. The molecule has 1 aromatic rings. The number of hydrogen-bond donors (Lipinski definition) is 1.